The Morgan fingerprint density at radius 3 is 2.41 bits per heavy atom. The molecule has 0 aliphatic carbocycles. The Bertz CT molecular complexity index is 729. The zero-order chi connectivity index (χ0) is 15.2. The van der Waals surface area contributed by atoms with Crippen molar-refractivity contribution in [1.82, 2.24) is 0 Å². The number of nitrogens with zero attached hydrogens (tertiary/aromatic N) is 1. The first-order valence-electron chi connectivity index (χ1n) is 7.18. The molecular weight excluding hydrogens is 274 g/mol. The smallest absolute Gasteiger partial charge is 0.156 e. The van der Waals surface area contributed by atoms with Gasteiger partial charge in [0.25, 0.3) is 0 Å². The van der Waals surface area contributed by atoms with Gasteiger partial charge in [0.15, 0.2) is 11.5 Å². The van der Waals surface area contributed by atoms with Crippen molar-refractivity contribution in [2.45, 2.75) is 13.5 Å². The summed E-state index contributed by atoms with van der Waals surface area (Å²) in [4.78, 5) is 5.52. The van der Waals surface area contributed by atoms with E-state index in [4.69, 9.17) is 9.25 Å². The Morgan fingerprint density at radius 1 is 0.955 bits per heavy atom. The summed E-state index contributed by atoms with van der Waals surface area (Å²) in [5.74, 6) is 0.692. The summed E-state index contributed by atoms with van der Waals surface area (Å²) >= 11 is 0. The molecule has 22 heavy (non-hydrogen) atoms. The predicted octanol–water partition coefficient (Wildman–Crippen LogP) is 4.56. The Morgan fingerprint density at radius 2 is 1.73 bits per heavy atom. The molecule has 2 aromatic carbocycles. The summed E-state index contributed by atoms with van der Waals surface area (Å²) in [6.45, 7) is 2.48. The monoisotopic (exact) mass is 291 g/mol. The number of furan rings is 1. The lowest BCUT2D eigenvalue weighted by Crippen LogP contribution is -2.03. The first kappa shape index (κ1) is 14.1. The van der Waals surface area contributed by atoms with Crippen LogP contribution in [0.5, 0.6) is 0 Å². The molecule has 0 saturated carbocycles. The quantitative estimate of drug-likeness (QED) is 0.510. The first-order chi connectivity index (χ1) is 10.8. The number of benzene rings is 2. The molecule has 1 aromatic heterocycles. The topological polar surface area (TPSA) is 34.7 Å². The van der Waals surface area contributed by atoms with Crippen molar-refractivity contribution in [1.29, 1.82) is 0 Å². The highest BCUT2D eigenvalue weighted by Crippen LogP contribution is 2.14. The van der Waals surface area contributed by atoms with E-state index in [1.54, 1.807) is 6.26 Å². The van der Waals surface area contributed by atoms with Crippen LogP contribution in [0.4, 0.5) is 0 Å². The van der Waals surface area contributed by atoms with Crippen LogP contribution >= 0.6 is 0 Å². The minimum Gasteiger partial charge on any atom is -0.463 e. The zero-order valence-electron chi connectivity index (χ0n) is 12.4. The van der Waals surface area contributed by atoms with Crippen molar-refractivity contribution in [2.75, 3.05) is 0 Å². The maximum absolute atomic E-state index is 5.52. The van der Waals surface area contributed by atoms with E-state index in [1.807, 2.05) is 66.7 Å². The molecule has 0 N–H and O–H groups in total. The molecule has 1 heterocycles. The summed E-state index contributed by atoms with van der Waals surface area (Å²) in [5.41, 5.74) is 3.94. The molecule has 0 fully saturated rings. The van der Waals surface area contributed by atoms with Crippen LogP contribution in [0.3, 0.4) is 0 Å². The Labute approximate surface area is 129 Å². The molecule has 3 heteroatoms. The molecule has 0 bridgehead atoms. The van der Waals surface area contributed by atoms with Crippen LogP contribution in [0.15, 0.2) is 82.6 Å². The van der Waals surface area contributed by atoms with E-state index in [0.29, 0.717) is 18.1 Å². The second kappa shape index (κ2) is 6.76. The van der Waals surface area contributed by atoms with Crippen molar-refractivity contribution in [2.24, 2.45) is 5.16 Å². The van der Waals surface area contributed by atoms with Crippen LogP contribution in [0.25, 0.3) is 0 Å². The van der Waals surface area contributed by atoms with Crippen LogP contribution in [0.2, 0.25) is 0 Å². The minimum atomic E-state index is 0.427. The minimum absolute atomic E-state index is 0.427. The van der Waals surface area contributed by atoms with Gasteiger partial charge in [-0.1, -0.05) is 65.3 Å². The van der Waals surface area contributed by atoms with Gasteiger partial charge in [0.05, 0.1) is 6.26 Å². The summed E-state index contributed by atoms with van der Waals surface area (Å²) in [6.07, 6.45) is 1.64. The highest BCUT2D eigenvalue weighted by atomic mass is 16.6. The van der Waals surface area contributed by atoms with E-state index in [1.165, 1.54) is 5.56 Å². The third kappa shape index (κ3) is 3.44. The SMILES string of the molecule is Cc1ccc(C(=NOCc2ccccc2)c2ccco2)cc1. The van der Waals surface area contributed by atoms with Crippen molar-refractivity contribution in [3.63, 3.8) is 0 Å². The molecule has 3 aromatic rings. The average Bonchev–Trinajstić information content (AvgIpc) is 3.08. The first-order valence-corrected chi connectivity index (χ1v) is 7.18. The Balaban J connectivity index is 1.82. The molecule has 3 nitrogen and oxygen atoms in total. The van der Waals surface area contributed by atoms with Gasteiger partial charge in [-0.15, -0.1) is 0 Å². The van der Waals surface area contributed by atoms with Gasteiger partial charge in [0, 0.05) is 5.56 Å². The van der Waals surface area contributed by atoms with E-state index < -0.39 is 0 Å². The number of rotatable bonds is 5. The molecule has 0 aliphatic heterocycles. The molecule has 0 aliphatic rings. The van der Waals surface area contributed by atoms with E-state index in [-0.39, 0.29) is 0 Å². The second-order valence-electron chi connectivity index (χ2n) is 5.04. The highest BCUT2D eigenvalue weighted by Gasteiger charge is 2.10. The molecule has 0 atom stereocenters. The van der Waals surface area contributed by atoms with Crippen LogP contribution in [-0.4, -0.2) is 5.71 Å². The molecule has 0 unspecified atom stereocenters. The van der Waals surface area contributed by atoms with Gasteiger partial charge >= 0.3 is 0 Å². The van der Waals surface area contributed by atoms with Crippen molar-refractivity contribution < 1.29 is 9.25 Å². The fraction of sp³-hybridized carbons (Fsp3) is 0.105. The van der Waals surface area contributed by atoms with Crippen molar-refractivity contribution in [3.05, 3.63) is 95.4 Å². The van der Waals surface area contributed by atoms with Crippen molar-refractivity contribution >= 4 is 5.71 Å². The third-order valence-electron chi connectivity index (χ3n) is 3.31. The summed E-state index contributed by atoms with van der Waals surface area (Å²) in [6, 6.07) is 21.8. The summed E-state index contributed by atoms with van der Waals surface area (Å²) < 4.78 is 5.47. The predicted molar refractivity (Wildman–Crippen MR) is 86.8 cm³/mol. The van der Waals surface area contributed by atoms with Crippen LogP contribution in [-0.2, 0) is 11.4 Å². The fourth-order valence-corrected chi connectivity index (χ4v) is 2.11. The third-order valence-corrected chi connectivity index (χ3v) is 3.31. The Kier molecular flexibility index (Phi) is 4.35. The summed E-state index contributed by atoms with van der Waals surface area (Å²) in [5, 5.41) is 4.28. The van der Waals surface area contributed by atoms with E-state index in [0.717, 1.165) is 11.1 Å². The molecular formula is C19H17NO2. The van der Waals surface area contributed by atoms with Gasteiger partial charge in [-0.2, -0.15) is 0 Å². The number of aryl methyl sites for hydroxylation is 1. The van der Waals surface area contributed by atoms with Crippen LogP contribution in [0.1, 0.15) is 22.5 Å². The standard InChI is InChI=1S/C19H17NO2/c1-15-9-11-17(12-10-15)19(18-8-5-13-21-18)20-22-14-16-6-3-2-4-7-16/h2-13H,14H2,1H3. The highest BCUT2D eigenvalue weighted by molar-refractivity contribution is 6.10. The lowest BCUT2D eigenvalue weighted by molar-refractivity contribution is 0.130. The van der Waals surface area contributed by atoms with Gasteiger partial charge in [-0.3, -0.25) is 0 Å². The van der Waals surface area contributed by atoms with E-state index >= 15 is 0 Å². The molecule has 0 saturated heterocycles. The van der Waals surface area contributed by atoms with Crippen LogP contribution < -0.4 is 0 Å². The van der Waals surface area contributed by atoms with Gasteiger partial charge in [-0.25, -0.2) is 0 Å². The van der Waals surface area contributed by atoms with Gasteiger partial charge < -0.3 is 9.25 Å². The second-order valence-corrected chi connectivity index (χ2v) is 5.04. The number of hydrogen-bond acceptors (Lipinski definition) is 3. The molecule has 0 radical (unpaired) electrons. The largest absolute Gasteiger partial charge is 0.463 e. The van der Waals surface area contributed by atoms with Gasteiger partial charge in [0.1, 0.15) is 6.61 Å². The average molecular weight is 291 g/mol. The zero-order valence-corrected chi connectivity index (χ0v) is 12.4. The lowest BCUT2D eigenvalue weighted by Gasteiger charge is -2.05. The normalized spacial score (nSPS) is 11.4. The van der Waals surface area contributed by atoms with Gasteiger partial charge in [-0.05, 0) is 24.6 Å². The fourth-order valence-electron chi connectivity index (χ4n) is 2.11. The number of hydrogen-bond donors (Lipinski definition) is 0. The molecule has 3 rings (SSSR count). The van der Waals surface area contributed by atoms with Gasteiger partial charge in [0.2, 0.25) is 0 Å². The Hall–Kier alpha value is -2.81. The van der Waals surface area contributed by atoms with E-state index in [9.17, 15) is 0 Å². The maximum Gasteiger partial charge on any atom is 0.156 e. The van der Waals surface area contributed by atoms with E-state index in [2.05, 4.69) is 12.1 Å². The molecule has 0 spiro atoms. The number of oxime groups is 1. The molecule has 110 valence electrons. The lowest BCUT2D eigenvalue weighted by atomic mass is 10.1. The molecule has 0 amide bonds. The van der Waals surface area contributed by atoms with Crippen LogP contribution in [0, 0.1) is 6.92 Å². The maximum atomic E-state index is 5.52. The summed E-state index contributed by atoms with van der Waals surface area (Å²) in [7, 11) is 0. The van der Waals surface area contributed by atoms with Crippen molar-refractivity contribution in [3.8, 4) is 0 Å².